The Morgan fingerprint density at radius 3 is 0.889 bits per heavy atom. The van der Waals surface area contributed by atoms with Crippen LogP contribution in [0.1, 0.15) is 0 Å². The van der Waals surface area contributed by atoms with Crippen molar-refractivity contribution in [2.24, 2.45) is 0 Å². The van der Waals surface area contributed by atoms with Crippen LogP contribution < -0.4 is 31.7 Å². The van der Waals surface area contributed by atoms with Crippen molar-refractivity contribution >= 4 is 41.2 Å². The van der Waals surface area contributed by atoms with Crippen LogP contribution in [0.15, 0.2) is 257 Å². The van der Waals surface area contributed by atoms with E-state index in [1.165, 1.54) is 84.9 Å². The molecule has 2 aromatic heterocycles. The van der Waals surface area contributed by atoms with Crippen molar-refractivity contribution in [3.05, 3.63) is 260 Å². The summed E-state index contributed by atoms with van der Waals surface area (Å²) in [5.41, 5.74) is 1.18. The van der Waals surface area contributed by atoms with Crippen molar-refractivity contribution in [2.45, 2.75) is 19.6 Å². The summed E-state index contributed by atoms with van der Waals surface area (Å²) in [6.07, 6.45) is 0. The number of hydrogen-bond acceptors (Lipinski definition) is 10. The number of benzene rings is 9. The van der Waals surface area contributed by atoms with Gasteiger partial charge >= 0.3 is 0 Å². The third kappa shape index (κ3) is 8.19. The normalized spacial score (nSPS) is 11.8. The fraction of sp³-hybridized carbons (Fsp3) is 0. The molecule has 0 atom stereocenters. The highest BCUT2D eigenvalue weighted by molar-refractivity contribution is 7.91. The van der Waals surface area contributed by atoms with E-state index in [0.29, 0.717) is 11.5 Å². The SMILES string of the molecule is O=c1c2cc3c(=O)n(-c4cccc(Oc5ccc(S(=O)(=O)c6ccc(-c7ccccc7)cc6)cc5)c4)c(=O)c3cc2c(=O)n1-c1cccc(Oc2ccc(S(=O)(=O)c3ccc(-c4ccccc4)cc3)cc2)c1. The van der Waals surface area contributed by atoms with Crippen molar-refractivity contribution in [1.82, 2.24) is 9.13 Å². The molecule has 0 bridgehead atoms. The Labute approximate surface area is 410 Å². The van der Waals surface area contributed by atoms with Crippen LogP contribution in [-0.4, -0.2) is 26.0 Å². The van der Waals surface area contributed by atoms with Gasteiger partial charge in [0.15, 0.2) is 0 Å². The molecule has 0 N–H and O–H groups in total. The van der Waals surface area contributed by atoms with Gasteiger partial charge in [0.2, 0.25) is 19.7 Å². The molecule has 12 nitrogen and oxygen atoms in total. The van der Waals surface area contributed by atoms with E-state index in [1.54, 1.807) is 72.8 Å². The Kier molecular flexibility index (Phi) is 11.3. The monoisotopic (exact) mass is 984 g/mol. The largest absolute Gasteiger partial charge is 0.457 e. The Bertz CT molecular complexity index is 3980. The molecule has 0 aliphatic rings. The number of hydrogen-bond donors (Lipinski definition) is 0. The third-order valence-corrected chi connectivity index (χ3v) is 15.9. The maximum atomic E-state index is 13.9. The first-order valence-electron chi connectivity index (χ1n) is 22.4. The van der Waals surface area contributed by atoms with Crippen LogP contribution in [0.3, 0.4) is 0 Å². The minimum absolute atomic E-state index is 0.0636. The lowest BCUT2D eigenvalue weighted by Gasteiger charge is -2.10. The molecule has 11 aromatic rings. The molecule has 14 heteroatoms. The fourth-order valence-electron chi connectivity index (χ4n) is 8.65. The van der Waals surface area contributed by atoms with Crippen LogP contribution in [0, 0.1) is 0 Å². The lowest BCUT2D eigenvalue weighted by atomic mass is 10.1. The van der Waals surface area contributed by atoms with Gasteiger partial charge in [-0.05, 0) is 131 Å². The molecule has 0 fully saturated rings. The summed E-state index contributed by atoms with van der Waals surface area (Å²) in [6, 6.07) is 59.2. The van der Waals surface area contributed by atoms with E-state index in [1.807, 2.05) is 60.7 Å². The number of nitrogens with zero attached hydrogens (tertiary/aromatic N) is 2. The van der Waals surface area contributed by atoms with E-state index in [0.717, 1.165) is 31.4 Å². The van der Waals surface area contributed by atoms with Crippen LogP contribution >= 0.6 is 0 Å². The minimum Gasteiger partial charge on any atom is -0.457 e. The third-order valence-electron chi connectivity index (χ3n) is 12.3. The van der Waals surface area contributed by atoms with Crippen molar-refractivity contribution < 1.29 is 26.3 Å². The number of sulfone groups is 2. The molecule has 72 heavy (non-hydrogen) atoms. The summed E-state index contributed by atoms with van der Waals surface area (Å²) >= 11 is 0. The topological polar surface area (TPSA) is 165 Å². The van der Waals surface area contributed by atoms with Gasteiger partial charge in [-0.25, -0.2) is 26.0 Å². The van der Waals surface area contributed by atoms with Crippen LogP contribution in [0.5, 0.6) is 23.0 Å². The standard InChI is InChI=1S/C58H36N2O10S2/c61-55-51-35-53-54(58(64)60(57(53)63)42-14-8-16-46(34-42)70-44-23-31-50(32-24-44)72(67,68)48-27-19-40(20-28-48)38-11-5-2-6-12-38)36-52(51)56(62)59(55)41-13-7-15-45(33-41)69-43-21-29-49(30-22-43)71(65,66)47-25-17-39(18-26-47)37-9-3-1-4-10-37/h1-36H. The van der Waals surface area contributed by atoms with Crippen LogP contribution in [0.4, 0.5) is 0 Å². The van der Waals surface area contributed by atoms with Crippen LogP contribution in [0.2, 0.25) is 0 Å². The van der Waals surface area contributed by atoms with E-state index in [-0.39, 0.29) is 64.0 Å². The molecule has 0 aliphatic heterocycles. The second kappa shape index (κ2) is 17.9. The summed E-state index contributed by atoms with van der Waals surface area (Å²) in [5, 5.41) is -0.254. The first kappa shape index (κ1) is 45.2. The molecule has 0 saturated heterocycles. The molecule has 2 heterocycles. The van der Waals surface area contributed by atoms with Gasteiger partial charge in [0.1, 0.15) is 23.0 Å². The van der Waals surface area contributed by atoms with E-state index in [9.17, 15) is 36.0 Å². The van der Waals surface area contributed by atoms with Gasteiger partial charge in [0.05, 0.1) is 52.5 Å². The van der Waals surface area contributed by atoms with Crippen molar-refractivity contribution in [3.8, 4) is 56.6 Å². The molecule has 0 saturated carbocycles. The van der Waals surface area contributed by atoms with Crippen LogP contribution in [-0.2, 0) is 19.7 Å². The van der Waals surface area contributed by atoms with E-state index in [2.05, 4.69) is 0 Å². The average molecular weight is 985 g/mol. The molecule has 0 spiro atoms. The molecule has 0 unspecified atom stereocenters. The Hall–Kier alpha value is -9.24. The lowest BCUT2D eigenvalue weighted by molar-refractivity contribution is 0.481. The van der Waals surface area contributed by atoms with Crippen molar-refractivity contribution in [3.63, 3.8) is 0 Å². The zero-order chi connectivity index (χ0) is 49.7. The van der Waals surface area contributed by atoms with Crippen LogP contribution in [0.25, 0.3) is 55.2 Å². The molecule has 0 radical (unpaired) electrons. The van der Waals surface area contributed by atoms with Gasteiger partial charge < -0.3 is 9.47 Å². The minimum atomic E-state index is -3.84. The van der Waals surface area contributed by atoms with E-state index < -0.39 is 41.9 Å². The summed E-state index contributed by atoms with van der Waals surface area (Å²) in [4.78, 5) is 56.1. The predicted octanol–water partition coefficient (Wildman–Crippen LogP) is 10.5. The summed E-state index contributed by atoms with van der Waals surface area (Å²) in [5.74, 6) is 1.09. The maximum absolute atomic E-state index is 13.9. The zero-order valence-electron chi connectivity index (χ0n) is 37.6. The fourth-order valence-corrected chi connectivity index (χ4v) is 11.2. The van der Waals surface area contributed by atoms with Gasteiger partial charge in [-0.2, -0.15) is 0 Å². The highest BCUT2D eigenvalue weighted by atomic mass is 32.2. The molecule has 0 amide bonds. The second-order valence-corrected chi connectivity index (χ2v) is 20.7. The summed E-state index contributed by atoms with van der Waals surface area (Å²) < 4.78 is 67.8. The molecular formula is C58H36N2O10S2. The molecule has 0 aliphatic carbocycles. The number of aromatic nitrogens is 2. The molecule has 11 rings (SSSR count). The highest BCUT2D eigenvalue weighted by Crippen LogP contribution is 2.31. The summed E-state index contributed by atoms with van der Waals surface area (Å²) in [7, 11) is -7.69. The molecule has 9 aromatic carbocycles. The predicted molar refractivity (Wildman–Crippen MR) is 275 cm³/mol. The van der Waals surface area contributed by atoms with E-state index >= 15 is 0 Å². The van der Waals surface area contributed by atoms with E-state index in [4.69, 9.17) is 9.47 Å². The van der Waals surface area contributed by atoms with Gasteiger partial charge in [-0.3, -0.25) is 19.2 Å². The maximum Gasteiger partial charge on any atom is 0.266 e. The Balaban J connectivity index is 0.810. The van der Waals surface area contributed by atoms with Crippen molar-refractivity contribution in [2.75, 3.05) is 0 Å². The number of fused-ring (bicyclic) bond motifs is 2. The van der Waals surface area contributed by atoms with Gasteiger partial charge in [0.25, 0.3) is 22.2 Å². The first-order valence-corrected chi connectivity index (χ1v) is 25.3. The quantitative estimate of drug-likeness (QED) is 0.115. The first-order chi connectivity index (χ1) is 34.8. The Morgan fingerprint density at radius 2 is 0.569 bits per heavy atom. The second-order valence-electron chi connectivity index (χ2n) is 16.8. The number of ether oxygens (including phenoxy) is 2. The van der Waals surface area contributed by atoms with Crippen molar-refractivity contribution in [1.29, 1.82) is 0 Å². The lowest BCUT2D eigenvalue weighted by Crippen LogP contribution is -2.24. The summed E-state index contributed by atoms with van der Waals surface area (Å²) in [6.45, 7) is 0. The zero-order valence-corrected chi connectivity index (χ0v) is 39.2. The average Bonchev–Trinajstić information content (AvgIpc) is 3.81. The Morgan fingerprint density at radius 1 is 0.278 bits per heavy atom. The smallest absolute Gasteiger partial charge is 0.266 e. The van der Waals surface area contributed by atoms with Gasteiger partial charge in [0, 0.05) is 12.1 Å². The molecule has 350 valence electrons. The highest BCUT2D eigenvalue weighted by Gasteiger charge is 2.23. The van der Waals surface area contributed by atoms with Gasteiger partial charge in [-0.15, -0.1) is 0 Å². The molecular weight excluding hydrogens is 949 g/mol. The number of rotatable bonds is 12. The van der Waals surface area contributed by atoms with Gasteiger partial charge in [-0.1, -0.05) is 97.1 Å².